The molecule has 18 rings (SSSR count). The van der Waals surface area contributed by atoms with Crippen molar-refractivity contribution in [2.75, 3.05) is 0 Å². The zero-order valence-corrected chi connectivity index (χ0v) is 40.9. The van der Waals surface area contributed by atoms with Crippen molar-refractivity contribution in [1.29, 1.82) is 0 Å². The van der Waals surface area contributed by atoms with Gasteiger partial charge in [-0.3, -0.25) is 0 Å². The maximum atomic E-state index is 6.59. The van der Waals surface area contributed by atoms with E-state index in [1.807, 2.05) is 60.7 Å². The molecule has 0 bridgehead atoms. The van der Waals surface area contributed by atoms with E-state index in [1.165, 1.54) is 152 Å². The van der Waals surface area contributed by atoms with Crippen LogP contribution in [0.1, 0.15) is 0 Å². The van der Waals surface area contributed by atoms with E-state index in [4.69, 9.17) is 9.47 Å². The van der Waals surface area contributed by atoms with Crippen LogP contribution in [-0.2, 0) is 0 Å². The molecule has 2 heteroatoms. The minimum Gasteiger partial charge on any atom is -0.457 e. The van der Waals surface area contributed by atoms with Gasteiger partial charge in [-0.1, -0.05) is 182 Å². The number of para-hydroxylation sites is 2. The summed E-state index contributed by atoms with van der Waals surface area (Å²) in [6.45, 7) is 0. The summed E-state index contributed by atoms with van der Waals surface area (Å²) < 4.78 is 13.2. The summed E-state index contributed by atoms with van der Waals surface area (Å²) in [4.78, 5) is 0. The Kier molecular flexibility index (Phi) is 7.89. The molecule has 0 aliphatic carbocycles. The fourth-order valence-electron chi connectivity index (χ4n) is 14.1. The number of hydrogen-bond donors (Lipinski definition) is 0. The number of hydrogen-bond acceptors (Lipinski definition) is 2. The van der Waals surface area contributed by atoms with E-state index in [1.54, 1.807) is 0 Å². The number of fused-ring (bicyclic) bond motifs is 11. The molecule has 0 atom stereocenters. The van der Waals surface area contributed by atoms with E-state index in [-0.39, 0.29) is 0 Å². The van der Waals surface area contributed by atoms with Gasteiger partial charge in [-0.25, -0.2) is 0 Å². The average molecular weight is 961 g/mol. The van der Waals surface area contributed by atoms with Crippen LogP contribution in [0.4, 0.5) is 0 Å². The van der Waals surface area contributed by atoms with Gasteiger partial charge in [0.2, 0.25) is 0 Å². The van der Waals surface area contributed by atoms with E-state index in [0.29, 0.717) is 0 Å². The Morgan fingerprint density at radius 2 is 0.461 bits per heavy atom. The third-order valence-electron chi connectivity index (χ3n) is 17.1. The Morgan fingerprint density at radius 3 is 0.855 bits per heavy atom. The maximum Gasteiger partial charge on any atom is 0.135 e. The molecule has 0 aliphatic rings. The summed E-state index contributed by atoms with van der Waals surface area (Å²) in [5.41, 5.74) is 4.99. The Labute approximate surface area is 435 Å². The molecule has 0 aromatic heterocycles. The molecule has 0 unspecified atom stereocenters. The molecule has 0 aliphatic heterocycles. The van der Waals surface area contributed by atoms with Crippen LogP contribution in [0.2, 0.25) is 0 Å². The van der Waals surface area contributed by atoms with Gasteiger partial charge in [0.15, 0.2) is 0 Å². The first-order valence-electron chi connectivity index (χ1n) is 26.3. The van der Waals surface area contributed by atoms with Crippen LogP contribution in [0.3, 0.4) is 0 Å². The predicted octanol–water partition coefficient (Wildman–Crippen LogP) is 21.3. The molecule has 0 saturated heterocycles. The van der Waals surface area contributed by atoms with Crippen LogP contribution >= 0.6 is 0 Å². The molecule has 76 heavy (non-hydrogen) atoms. The predicted molar refractivity (Wildman–Crippen MR) is 323 cm³/mol. The van der Waals surface area contributed by atoms with Crippen molar-refractivity contribution in [3.8, 4) is 45.3 Å². The standard InChI is InChI=1S/C74H40O2/c1-5-15-41(16-6-1)65-62-40-60-54-30-28-51-47-35-37-63(75-43-19-9-3-10-20-43)55-25-13-23-45(67(47)55)49-27-29-53(71(54)69(49)51)59(60)39-61(62)66(42-17-7-2-8-18-42)74-58-34-32-52-48-36-38-64(76-44-21-11-4-12-22-44)56-26-14-24-46(68(48)56)50-31-33-57(73(65)74)72(58)70(50)52/h1-40H. The summed E-state index contributed by atoms with van der Waals surface area (Å²) in [6.07, 6.45) is 0. The highest BCUT2D eigenvalue weighted by molar-refractivity contribution is 6.48. The van der Waals surface area contributed by atoms with Crippen molar-refractivity contribution < 1.29 is 9.47 Å². The second-order valence-corrected chi connectivity index (χ2v) is 20.8. The molecule has 348 valence electrons. The van der Waals surface area contributed by atoms with E-state index in [2.05, 4.69) is 182 Å². The van der Waals surface area contributed by atoms with Gasteiger partial charge in [-0.2, -0.15) is 0 Å². The van der Waals surface area contributed by atoms with E-state index in [9.17, 15) is 0 Å². The second kappa shape index (κ2) is 14.8. The molecular weight excluding hydrogens is 921 g/mol. The normalized spacial score (nSPS) is 12.5. The molecule has 0 spiro atoms. The monoisotopic (exact) mass is 960 g/mol. The van der Waals surface area contributed by atoms with Crippen LogP contribution < -0.4 is 9.47 Å². The molecule has 18 aromatic carbocycles. The van der Waals surface area contributed by atoms with E-state index in [0.717, 1.165) is 33.8 Å². The van der Waals surface area contributed by atoms with Crippen LogP contribution in [-0.4, -0.2) is 0 Å². The Balaban J connectivity index is 0.961. The smallest absolute Gasteiger partial charge is 0.135 e. The highest BCUT2D eigenvalue weighted by atomic mass is 16.5. The zero-order valence-electron chi connectivity index (χ0n) is 40.9. The Hall–Kier alpha value is -10.0. The fourth-order valence-corrected chi connectivity index (χ4v) is 14.1. The lowest BCUT2D eigenvalue weighted by Crippen LogP contribution is -1.90. The first kappa shape index (κ1) is 40.5. The number of rotatable bonds is 6. The molecule has 0 N–H and O–H groups in total. The molecule has 0 saturated carbocycles. The summed E-state index contributed by atoms with van der Waals surface area (Å²) >= 11 is 0. The third-order valence-corrected chi connectivity index (χ3v) is 17.1. The van der Waals surface area contributed by atoms with Gasteiger partial charge in [-0.15, -0.1) is 0 Å². The van der Waals surface area contributed by atoms with Crippen LogP contribution in [0, 0.1) is 0 Å². The molecule has 2 nitrogen and oxygen atoms in total. The average Bonchev–Trinajstić information content (AvgIpc) is 4.00. The van der Waals surface area contributed by atoms with Crippen molar-refractivity contribution in [2.45, 2.75) is 0 Å². The molecule has 18 aromatic rings. The highest BCUT2D eigenvalue weighted by Crippen LogP contribution is 2.56. The summed E-state index contributed by atoms with van der Waals surface area (Å²) in [6, 6.07) is 89.2. The molecular formula is C74H40O2. The van der Waals surface area contributed by atoms with Crippen LogP contribution in [0.5, 0.6) is 23.0 Å². The second-order valence-electron chi connectivity index (χ2n) is 20.8. The van der Waals surface area contributed by atoms with Crippen LogP contribution in [0.25, 0.3) is 162 Å². The fraction of sp³-hybridized carbons (Fsp3) is 0. The maximum absolute atomic E-state index is 6.59. The SMILES string of the molecule is c1ccc(Oc2ccc3c4ccc5c6cc7c(-c8ccccc8)c8c9ccc%10c%11cccc%12c(Oc%13ccccc%13)ccc(c%13ccc(c8c(-c8ccccc8)c7cc6c6ccc(c7cccc2c37)c4c56)c9c%10%13)c%12%11)cc1. The quantitative estimate of drug-likeness (QED) is 0.122. The highest BCUT2D eigenvalue weighted by Gasteiger charge is 2.28. The minimum absolute atomic E-state index is 0.832. The zero-order chi connectivity index (χ0) is 49.3. The summed E-state index contributed by atoms with van der Waals surface area (Å²) in [5.74, 6) is 3.40. The largest absolute Gasteiger partial charge is 0.457 e. The summed E-state index contributed by atoms with van der Waals surface area (Å²) in [7, 11) is 0. The van der Waals surface area contributed by atoms with Crippen molar-refractivity contribution in [3.63, 3.8) is 0 Å². The molecule has 0 amide bonds. The molecule has 0 heterocycles. The van der Waals surface area contributed by atoms with Gasteiger partial charge in [0, 0.05) is 21.5 Å². The third kappa shape index (κ3) is 5.24. The molecule has 0 fully saturated rings. The van der Waals surface area contributed by atoms with Crippen molar-refractivity contribution in [2.24, 2.45) is 0 Å². The minimum atomic E-state index is 0.832. The van der Waals surface area contributed by atoms with Crippen molar-refractivity contribution in [3.05, 3.63) is 243 Å². The Morgan fingerprint density at radius 1 is 0.171 bits per heavy atom. The lowest BCUT2D eigenvalue weighted by molar-refractivity contribution is 0.488. The van der Waals surface area contributed by atoms with Gasteiger partial charge >= 0.3 is 0 Å². The van der Waals surface area contributed by atoms with Gasteiger partial charge in [0.05, 0.1) is 0 Å². The Bertz CT molecular complexity index is 5200. The van der Waals surface area contributed by atoms with Crippen molar-refractivity contribution in [1.82, 2.24) is 0 Å². The lowest BCUT2D eigenvalue weighted by Gasteiger charge is -2.17. The van der Waals surface area contributed by atoms with Gasteiger partial charge in [-0.05, 0) is 201 Å². The van der Waals surface area contributed by atoms with E-state index >= 15 is 0 Å². The van der Waals surface area contributed by atoms with Crippen LogP contribution in [0.15, 0.2) is 243 Å². The lowest BCUT2D eigenvalue weighted by atomic mass is 9.85. The summed E-state index contributed by atoms with van der Waals surface area (Å²) in [5, 5.41) is 32.9. The first-order chi connectivity index (χ1) is 37.7. The van der Waals surface area contributed by atoms with Gasteiger partial charge < -0.3 is 9.47 Å². The molecule has 0 radical (unpaired) electrons. The van der Waals surface area contributed by atoms with Gasteiger partial charge in [0.1, 0.15) is 23.0 Å². The first-order valence-corrected chi connectivity index (χ1v) is 26.3. The van der Waals surface area contributed by atoms with Crippen molar-refractivity contribution >= 4 is 140 Å². The van der Waals surface area contributed by atoms with Gasteiger partial charge in [0.25, 0.3) is 0 Å². The topological polar surface area (TPSA) is 18.5 Å². The van der Waals surface area contributed by atoms with E-state index < -0.39 is 0 Å². The number of benzene rings is 16. The number of ether oxygens (including phenoxy) is 2.